The maximum Gasteiger partial charge on any atom is 0.343 e. The highest BCUT2D eigenvalue weighted by Gasteiger charge is 2.53. The van der Waals surface area contributed by atoms with Gasteiger partial charge in [0.05, 0.1) is 16.6 Å². The maximum atomic E-state index is 13.2. The summed E-state index contributed by atoms with van der Waals surface area (Å²) >= 11 is 0. The molecule has 4 atom stereocenters. The van der Waals surface area contributed by atoms with Gasteiger partial charge in [-0.3, -0.25) is 4.79 Å². The molecule has 11 heteroatoms. The van der Waals surface area contributed by atoms with Crippen LogP contribution in [0.3, 0.4) is 0 Å². The third-order valence-corrected chi connectivity index (χ3v) is 8.60. The summed E-state index contributed by atoms with van der Waals surface area (Å²) in [6.07, 6.45) is 2.79. The molecule has 0 spiro atoms. The average molecular weight is 661 g/mol. The first kappa shape index (κ1) is 34.6. The molecule has 0 unspecified atom stereocenters. The summed E-state index contributed by atoms with van der Waals surface area (Å²) in [5, 5.41) is 32.8. The van der Waals surface area contributed by atoms with Crippen molar-refractivity contribution in [3.05, 3.63) is 98.5 Å². The molecule has 1 saturated heterocycles. The van der Waals surface area contributed by atoms with E-state index in [-0.39, 0.29) is 33.6 Å². The number of phenols is 1. The molecule has 0 bridgehead atoms. The van der Waals surface area contributed by atoms with Crippen LogP contribution in [0.15, 0.2) is 75.0 Å². The zero-order valence-corrected chi connectivity index (χ0v) is 27.7. The fraction of sp³-hybridized carbons (Fsp3) is 0.378. The largest absolute Gasteiger partial charge is 0.508 e. The van der Waals surface area contributed by atoms with E-state index in [9.17, 15) is 29.7 Å². The molecule has 1 aliphatic carbocycles. The van der Waals surface area contributed by atoms with Crippen LogP contribution >= 0.6 is 0 Å². The second kappa shape index (κ2) is 13.8. The number of ether oxygens (including phenoxy) is 4. The summed E-state index contributed by atoms with van der Waals surface area (Å²) in [6.45, 7) is 8.90. The number of hydrogen-bond acceptors (Lipinski definition) is 11. The summed E-state index contributed by atoms with van der Waals surface area (Å²) in [5.41, 5.74) is 0.476. The van der Waals surface area contributed by atoms with Crippen molar-refractivity contribution in [1.29, 1.82) is 0 Å². The standard InChI is InChI=1S/C37H40O11/c1-19(2)11-12-22-17-23(13-15-26(22)38)27(39)18-25-29(40)24-14-16-28(20(3)31(24)46-35(25)43)45-36-30(41)32(33(44-6)37(4,5)48-36)47-34(42)21-9-7-8-10-21/h7-9,11,13-17,30,32-33,36,38,40-41H,10,12,18H2,1-6H3/t30-,32+,33-,36-/m1/s1. The van der Waals surface area contributed by atoms with Crippen LogP contribution in [0.4, 0.5) is 0 Å². The van der Waals surface area contributed by atoms with Crippen molar-refractivity contribution in [2.75, 3.05) is 7.11 Å². The molecule has 3 aromatic rings. The number of aliphatic hydroxyl groups is 1. The topological polar surface area (TPSA) is 162 Å². The van der Waals surface area contributed by atoms with Gasteiger partial charge in [-0.25, -0.2) is 9.59 Å². The van der Waals surface area contributed by atoms with Crippen molar-refractivity contribution >= 4 is 22.7 Å². The van der Waals surface area contributed by atoms with Crippen molar-refractivity contribution in [2.24, 2.45) is 0 Å². The van der Waals surface area contributed by atoms with Crippen LogP contribution in [-0.4, -0.2) is 64.4 Å². The number of aryl methyl sites for hydroxylation is 1. The molecule has 1 aliphatic heterocycles. The first-order valence-corrected chi connectivity index (χ1v) is 15.6. The highest BCUT2D eigenvalue weighted by molar-refractivity contribution is 5.99. The number of benzene rings is 2. The normalized spacial score (nSPS) is 21.5. The molecule has 0 amide bonds. The van der Waals surface area contributed by atoms with Crippen molar-refractivity contribution < 1.29 is 48.3 Å². The van der Waals surface area contributed by atoms with Gasteiger partial charge in [0.2, 0.25) is 6.29 Å². The second-order valence-corrected chi connectivity index (χ2v) is 12.8. The number of ketones is 1. The second-order valence-electron chi connectivity index (χ2n) is 12.8. The summed E-state index contributed by atoms with van der Waals surface area (Å²) in [6, 6.07) is 7.44. The maximum absolute atomic E-state index is 13.2. The number of aromatic hydroxyl groups is 2. The Labute approximate surface area is 277 Å². The summed E-state index contributed by atoms with van der Waals surface area (Å²) in [7, 11) is 1.43. The van der Waals surface area contributed by atoms with E-state index in [0.717, 1.165) is 5.57 Å². The minimum absolute atomic E-state index is 0.0165. The van der Waals surface area contributed by atoms with Gasteiger partial charge in [0, 0.05) is 30.2 Å². The molecule has 2 aromatic carbocycles. The Kier molecular flexibility index (Phi) is 9.95. The SMILES string of the molecule is CO[C@@H]1[C@@H](OC(=O)C2=CC=CC2)[C@@H](O)[C@H](Oc2ccc3c(O)c(CC(=O)c4ccc(O)c(CC=C(C)C)c4)c(=O)oc3c2C)OC1(C)C. The fourth-order valence-electron chi connectivity index (χ4n) is 5.92. The van der Waals surface area contributed by atoms with Gasteiger partial charge in [-0.15, -0.1) is 0 Å². The number of allylic oxidation sites excluding steroid dienone is 5. The molecule has 5 rings (SSSR count). The number of methoxy groups -OCH3 is 1. The van der Waals surface area contributed by atoms with E-state index >= 15 is 0 Å². The monoisotopic (exact) mass is 660 g/mol. The van der Waals surface area contributed by atoms with E-state index in [1.807, 2.05) is 26.0 Å². The lowest BCUT2D eigenvalue weighted by molar-refractivity contribution is -0.307. The van der Waals surface area contributed by atoms with Gasteiger partial charge in [-0.1, -0.05) is 29.9 Å². The number of phenolic OH excluding ortho intramolecular Hbond substituents is 1. The zero-order valence-electron chi connectivity index (χ0n) is 27.7. The van der Waals surface area contributed by atoms with Gasteiger partial charge in [0.1, 0.15) is 28.9 Å². The third kappa shape index (κ3) is 6.94. The van der Waals surface area contributed by atoms with E-state index in [4.69, 9.17) is 23.4 Å². The number of carbonyl (C=O) groups is 2. The van der Waals surface area contributed by atoms with Gasteiger partial charge in [0.15, 0.2) is 18.0 Å². The van der Waals surface area contributed by atoms with Crippen molar-refractivity contribution in [1.82, 2.24) is 0 Å². The molecule has 2 heterocycles. The quantitative estimate of drug-likeness (QED) is 0.114. The van der Waals surface area contributed by atoms with E-state index in [0.29, 0.717) is 29.5 Å². The van der Waals surface area contributed by atoms with Gasteiger partial charge in [-0.05, 0) is 83.4 Å². The molecule has 48 heavy (non-hydrogen) atoms. The van der Waals surface area contributed by atoms with Crippen molar-refractivity contribution in [3.63, 3.8) is 0 Å². The van der Waals surface area contributed by atoms with E-state index in [2.05, 4.69) is 0 Å². The molecule has 0 saturated carbocycles. The highest BCUT2D eigenvalue weighted by Crippen LogP contribution is 2.38. The number of Topliss-reactive ketones (excluding diaryl/α,β-unsaturated/α-hetero) is 1. The number of rotatable bonds is 10. The average Bonchev–Trinajstić information content (AvgIpc) is 3.58. The molecule has 1 aromatic heterocycles. The van der Waals surface area contributed by atoms with Crippen LogP contribution in [0, 0.1) is 6.92 Å². The number of fused-ring (bicyclic) bond motifs is 1. The number of aliphatic hydroxyl groups excluding tert-OH is 1. The Bertz CT molecular complexity index is 1890. The van der Waals surface area contributed by atoms with Crippen LogP contribution in [0.5, 0.6) is 17.2 Å². The number of hydrogen-bond donors (Lipinski definition) is 3. The molecule has 11 nitrogen and oxygen atoms in total. The molecular formula is C37H40O11. The predicted octanol–water partition coefficient (Wildman–Crippen LogP) is 5.13. The Balaban J connectivity index is 1.40. The number of esters is 1. The highest BCUT2D eigenvalue weighted by atomic mass is 16.7. The van der Waals surface area contributed by atoms with Crippen LogP contribution < -0.4 is 10.4 Å². The summed E-state index contributed by atoms with van der Waals surface area (Å²) in [4.78, 5) is 39.2. The van der Waals surface area contributed by atoms with Gasteiger partial charge < -0.3 is 38.7 Å². The lowest BCUT2D eigenvalue weighted by atomic mass is 9.89. The first-order valence-electron chi connectivity index (χ1n) is 15.6. The lowest BCUT2D eigenvalue weighted by Crippen LogP contribution is -2.65. The third-order valence-electron chi connectivity index (χ3n) is 8.60. The molecule has 1 fully saturated rings. The van der Waals surface area contributed by atoms with Crippen LogP contribution in [0.2, 0.25) is 0 Å². The minimum atomic E-state index is -1.46. The molecular weight excluding hydrogens is 620 g/mol. The van der Waals surface area contributed by atoms with E-state index < -0.39 is 59.8 Å². The van der Waals surface area contributed by atoms with Crippen LogP contribution in [0.1, 0.15) is 61.2 Å². The first-order chi connectivity index (χ1) is 22.7. The van der Waals surface area contributed by atoms with Gasteiger partial charge in [0.25, 0.3) is 0 Å². The zero-order chi connectivity index (χ0) is 34.9. The lowest BCUT2D eigenvalue weighted by Gasteiger charge is -2.47. The molecule has 3 N–H and O–H groups in total. The number of carbonyl (C=O) groups excluding carboxylic acids is 2. The van der Waals surface area contributed by atoms with Crippen molar-refractivity contribution in [3.8, 4) is 17.2 Å². The Morgan fingerprint density at radius 3 is 2.54 bits per heavy atom. The molecule has 0 radical (unpaired) electrons. The minimum Gasteiger partial charge on any atom is -0.508 e. The molecule has 2 aliphatic rings. The Morgan fingerprint density at radius 1 is 1.12 bits per heavy atom. The van der Waals surface area contributed by atoms with Crippen molar-refractivity contribution in [2.45, 2.75) is 84.1 Å². The Hall–Kier alpha value is -4.71. The Morgan fingerprint density at radius 2 is 1.88 bits per heavy atom. The van der Waals surface area contributed by atoms with Crippen LogP contribution in [0.25, 0.3) is 11.0 Å². The molecule has 254 valence electrons. The van der Waals surface area contributed by atoms with Gasteiger partial charge >= 0.3 is 11.6 Å². The fourth-order valence-corrected chi connectivity index (χ4v) is 5.92. The van der Waals surface area contributed by atoms with Gasteiger partial charge in [-0.2, -0.15) is 0 Å². The predicted molar refractivity (Wildman–Crippen MR) is 176 cm³/mol. The van der Waals surface area contributed by atoms with Crippen LogP contribution in [-0.2, 0) is 31.8 Å². The smallest absolute Gasteiger partial charge is 0.343 e. The summed E-state index contributed by atoms with van der Waals surface area (Å²) in [5.74, 6) is -1.22. The summed E-state index contributed by atoms with van der Waals surface area (Å²) < 4.78 is 29.1. The van der Waals surface area contributed by atoms with E-state index in [1.165, 1.54) is 31.4 Å². The van der Waals surface area contributed by atoms with E-state index in [1.54, 1.807) is 39.0 Å².